The molecule has 2 aliphatic rings. The average molecular weight is 290 g/mol. The summed E-state index contributed by atoms with van der Waals surface area (Å²) in [4.78, 5) is 13.8. The smallest absolute Gasteiger partial charge is 0.410 e. The monoisotopic (exact) mass is 290 g/mol. The highest BCUT2D eigenvalue weighted by atomic mass is 16.6. The van der Waals surface area contributed by atoms with Gasteiger partial charge in [-0.15, -0.1) is 0 Å². The second-order valence-corrected chi connectivity index (χ2v) is 5.74. The molecule has 0 bridgehead atoms. The first kappa shape index (κ1) is 14.2. The molecule has 3 rings (SSSR count). The maximum atomic E-state index is 12.0. The average Bonchev–Trinajstić information content (AvgIpc) is 2.81. The van der Waals surface area contributed by atoms with Gasteiger partial charge in [0.15, 0.2) is 0 Å². The summed E-state index contributed by atoms with van der Waals surface area (Å²) in [7, 11) is 0. The molecule has 5 nitrogen and oxygen atoms in total. The first-order valence-corrected chi connectivity index (χ1v) is 7.64. The topological polar surface area (TPSA) is 50.8 Å². The van der Waals surface area contributed by atoms with E-state index in [0.29, 0.717) is 13.2 Å². The highest BCUT2D eigenvalue weighted by Gasteiger charge is 2.45. The van der Waals surface area contributed by atoms with E-state index < -0.39 is 0 Å². The Morgan fingerprint density at radius 3 is 2.76 bits per heavy atom. The van der Waals surface area contributed by atoms with Gasteiger partial charge in [-0.25, -0.2) is 4.79 Å². The van der Waals surface area contributed by atoms with Gasteiger partial charge in [-0.2, -0.15) is 0 Å². The standard InChI is InChI=1S/C16H22N2O3/c19-15-18(13-16(21-15)7-9-17-10-8-16)11-4-12-20-14-5-2-1-3-6-14/h1-3,5-6,17H,4,7-13H2. The van der Waals surface area contributed by atoms with Crippen LogP contribution < -0.4 is 10.1 Å². The van der Waals surface area contributed by atoms with Gasteiger partial charge in [-0.1, -0.05) is 18.2 Å². The zero-order valence-corrected chi connectivity index (χ0v) is 12.2. The van der Waals surface area contributed by atoms with Gasteiger partial charge in [0.2, 0.25) is 0 Å². The molecule has 1 N–H and O–H groups in total. The molecule has 2 fully saturated rings. The fraction of sp³-hybridized carbons (Fsp3) is 0.562. The Kier molecular flexibility index (Phi) is 4.29. The largest absolute Gasteiger partial charge is 0.494 e. The van der Waals surface area contributed by atoms with E-state index >= 15 is 0 Å². The minimum Gasteiger partial charge on any atom is -0.494 e. The SMILES string of the molecule is O=C1OC2(CCNCC2)CN1CCCOc1ccccc1. The van der Waals surface area contributed by atoms with E-state index in [0.717, 1.165) is 44.6 Å². The highest BCUT2D eigenvalue weighted by Crippen LogP contribution is 2.31. The van der Waals surface area contributed by atoms with Crippen molar-refractivity contribution < 1.29 is 14.3 Å². The molecule has 2 aliphatic heterocycles. The maximum absolute atomic E-state index is 12.0. The number of benzene rings is 1. The molecule has 0 aromatic heterocycles. The molecular formula is C16H22N2O3. The van der Waals surface area contributed by atoms with Gasteiger partial charge in [0, 0.05) is 19.4 Å². The van der Waals surface area contributed by atoms with Crippen molar-refractivity contribution in [2.75, 3.05) is 32.8 Å². The minimum absolute atomic E-state index is 0.170. The van der Waals surface area contributed by atoms with Crippen molar-refractivity contribution in [2.45, 2.75) is 24.9 Å². The number of piperidine rings is 1. The molecule has 1 spiro atoms. The molecule has 0 unspecified atom stereocenters. The van der Waals surface area contributed by atoms with Crippen LogP contribution in [0.2, 0.25) is 0 Å². The van der Waals surface area contributed by atoms with E-state index in [4.69, 9.17) is 9.47 Å². The number of ether oxygens (including phenoxy) is 2. The van der Waals surface area contributed by atoms with Crippen molar-refractivity contribution in [3.8, 4) is 5.75 Å². The van der Waals surface area contributed by atoms with Crippen LogP contribution >= 0.6 is 0 Å². The van der Waals surface area contributed by atoms with Gasteiger partial charge in [-0.3, -0.25) is 0 Å². The fourth-order valence-corrected chi connectivity index (χ4v) is 2.97. The van der Waals surface area contributed by atoms with Crippen LogP contribution in [0, 0.1) is 0 Å². The normalized spacial score (nSPS) is 20.6. The van der Waals surface area contributed by atoms with Crippen LogP contribution in [0.5, 0.6) is 5.75 Å². The number of hydrogen-bond acceptors (Lipinski definition) is 4. The third kappa shape index (κ3) is 3.47. The molecule has 5 heteroatoms. The summed E-state index contributed by atoms with van der Waals surface area (Å²) in [5.74, 6) is 0.872. The summed E-state index contributed by atoms with van der Waals surface area (Å²) >= 11 is 0. The Morgan fingerprint density at radius 2 is 2.00 bits per heavy atom. The maximum Gasteiger partial charge on any atom is 0.410 e. The van der Waals surface area contributed by atoms with Gasteiger partial charge in [0.1, 0.15) is 11.4 Å². The third-order valence-electron chi connectivity index (χ3n) is 4.14. The van der Waals surface area contributed by atoms with Crippen LogP contribution in [0.1, 0.15) is 19.3 Å². The lowest BCUT2D eigenvalue weighted by atomic mass is 9.92. The molecule has 0 radical (unpaired) electrons. The zero-order chi connectivity index (χ0) is 14.5. The van der Waals surface area contributed by atoms with E-state index in [1.807, 2.05) is 35.2 Å². The number of nitrogens with one attached hydrogen (secondary N) is 1. The van der Waals surface area contributed by atoms with E-state index in [1.54, 1.807) is 0 Å². The number of carbonyl (C=O) groups is 1. The second-order valence-electron chi connectivity index (χ2n) is 5.74. The van der Waals surface area contributed by atoms with Crippen molar-refractivity contribution in [3.63, 3.8) is 0 Å². The molecular weight excluding hydrogens is 268 g/mol. The van der Waals surface area contributed by atoms with Crippen LogP contribution in [-0.2, 0) is 4.74 Å². The number of para-hydroxylation sites is 1. The van der Waals surface area contributed by atoms with E-state index in [-0.39, 0.29) is 11.7 Å². The van der Waals surface area contributed by atoms with Crippen molar-refractivity contribution in [1.29, 1.82) is 0 Å². The predicted octanol–water partition coefficient (Wildman–Crippen LogP) is 2.03. The molecule has 1 aromatic rings. The molecule has 2 saturated heterocycles. The van der Waals surface area contributed by atoms with E-state index in [2.05, 4.69) is 5.32 Å². The lowest BCUT2D eigenvalue weighted by Gasteiger charge is -2.31. The Balaban J connectivity index is 1.42. The number of carbonyl (C=O) groups excluding carboxylic acids is 1. The molecule has 1 amide bonds. The van der Waals surface area contributed by atoms with Gasteiger partial charge in [0.25, 0.3) is 0 Å². The Labute approximate surface area is 125 Å². The summed E-state index contributed by atoms with van der Waals surface area (Å²) in [5.41, 5.74) is -0.247. The second kappa shape index (κ2) is 6.35. The molecule has 114 valence electrons. The third-order valence-corrected chi connectivity index (χ3v) is 4.14. The number of amides is 1. The lowest BCUT2D eigenvalue weighted by Crippen LogP contribution is -2.45. The zero-order valence-electron chi connectivity index (χ0n) is 12.2. The number of rotatable bonds is 5. The van der Waals surface area contributed by atoms with E-state index in [9.17, 15) is 4.79 Å². The van der Waals surface area contributed by atoms with Crippen molar-refractivity contribution in [2.24, 2.45) is 0 Å². The lowest BCUT2D eigenvalue weighted by molar-refractivity contribution is 0.0316. The van der Waals surface area contributed by atoms with Gasteiger partial charge < -0.3 is 19.7 Å². The van der Waals surface area contributed by atoms with Gasteiger partial charge in [0.05, 0.1) is 13.2 Å². The summed E-state index contributed by atoms with van der Waals surface area (Å²) < 4.78 is 11.3. The van der Waals surface area contributed by atoms with Gasteiger partial charge in [-0.05, 0) is 31.6 Å². The van der Waals surface area contributed by atoms with Crippen molar-refractivity contribution in [1.82, 2.24) is 10.2 Å². The summed E-state index contributed by atoms with van der Waals surface area (Å²) in [6, 6.07) is 9.75. The van der Waals surface area contributed by atoms with Crippen LogP contribution in [0.3, 0.4) is 0 Å². The fourth-order valence-electron chi connectivity index (χ4n) is 2.97. The summed E-state index contributed by atoms with van der Waals surface area (Å²) in [5, 5.41) is 3.31. The molecule has 2 heterocycles. The Hall–Kier alpha value is -1.75. The quantitative estimate of drug-likeness (QED) is 0.843. The molecule has 1 aromatic carbocycles. The number of nitrogens with zero attached hydrogens (tertiary/aromatic N) is 1. The highest BCUT2D eigenvalue weighted by molar-refractivity contribution is 5.70. The first-order chi connectivity index (χ1) is 10.3. The van der Waals surface area contributed by atoms with Crippen molar-refractivity contribution >= 4 is 6.09 Å². The van der Waals surface area contributed by atoms with Crippen LogP contribution in [-0.4, -0.2) is 49.4 Å². The van der Waals surface area contributed by atoms with E-state index in [1.165, 1.54) is 0 Å². The van der Waals surface area contributed by atoms with Crippen LogP contribution in [0.15, 0.2) is 30.3 Å². The molecule has 0 atom stereocenters. The summed E-state index contributed by atoms with van der Waals surface area (Å²) in [6.45, 7) is 3.89. The first-order valence-electron chi connectivity index (χ1n) is 7.64. The van der Waals surface area contributed by atoms with Gasteiger partial charge >= 0.3 is 6.09 Å². The molecule has 0 saturated carbocycles. The summed E-state index contributed by atoms with van der Waals surface area (Å²) in [6.07, 6.45) is 2.47. The van der Waals surface area contributed by atoms with Crippen molar-refractivity contribution in [3.05, 3.63) is 30.3 Å². The molecule has 0 aliphatic carbocycles. The predicted molar refractivity (Wildman–Crippen MR) is 79.4 cm³/mol. The Bertz CT molecular complexity index is 472. The molecule has 21 heavy (non-hydrogen) atoms. The van der Waals surface area contributed by atoms with Crippen LogP contribution in [0.4, 0.5) is 4.79 Å². The Morgan fingerprint density at radius 1 is 1.24 bits per heavy atom. The minimum atomic E-state index is -0.247. The van der Waals surface area contributed by atoms with Crippen LogP contribution in [0.25, 0.3) is 0 Å². The number of hydrogen-bond donors (Lipinski definition) is 1.